The van der Waals surface area contributed by atoms with Crippen LogP contribution in [0.5, 0.6) is 0 Å². The van der Waals surface area contributed by atoms with Gasteiger partial charge in [-0.2, -0.15) is 0 Å². The topological polar surface area (TPSA) is 86.8 Å². The van der Waals surface area contributed by atoms with Gasteiger partial charge in [-0.1, -0.05) is 36.4 Å². The average Bonchev–Trinajstić information content (AvgIpc) is 3.25. The molecular formula is C25H25N3O4S. The van der Waals surface area contributed by atoms with Crippen molar-refractivity contribution in [2.75, 3.05) is 28.1 Å². The third-order valence-corrected chi connectivity index (χ3v) is 7.36. The van der Waals surface area contributed by atoms with E-state index in [0.29, 0.717) is 17.8 Å². The number of carbonyl (C=O) groups is 2. The van der Waals surface area contributed by atoms with Crippen LogP contribution in [0.4, 0.5) is 17.1 Å². The predicted molar refractivity (Wildman–Crippen MR) is 129 cm³/mol. The maximum Gasteiger partial charge on any atom is 0.264 e. The summed E-state index contributed by atoms with van der Waals surface area (Å²) in [6.45, 7) is 0.720. The molecule has 33 heavy (non-hydrogen) atoms. The molecule has 0 spiro atoms. The first-order valence-corrected chi connectivity index (χ1v) is 12.1. The molecule has 1 fully saturated rings. The van der Waals surface area contributed by atoms with Crippen molar-refractivity contribution in [3.8, 4) is 0 Å². The van der Waals surface area contributed by atoms with E-state index >= 15 is 0 Å². The Kier molecular flexibility index (Phi) is 6.46. The number of hydrogen-bond donors (Lipinski definition) is 1. The van der Waals surface area contributed by atoms with E-state index in [4.69, 9.17) is 0 Å². The van der Waals surface area contributed by atoms with Crippen LogP contribution in [0.25, 0.3) is 0 Å². The summed E-state index contributed by atoms with van der Waals surface area (Å²) >= 11 is 0. The van der Waals surface area contributed by atoms with Crippen LogP contribution in [0.3, 0.4) is 0 Å². The molecule has 7 nitrogen and oxygen atoms in total. The van der Waals surface area contributed by atoms with Gasteiger partial charge in [0, 0.05) is 31.4 Å². The van der Waals surface area contributed by atoms with Crippen molar-refractivity contribution in [1.29, 1.82) is 0 Å². The number of para-hydroxylation sites is 1. The van der Waals surface area contributed by atoms with E-state index in [9.17, 15) is 18.0 Å². The summed E-state index contributed by atoms with van der Waals surface area (Å²) in [6.07, 6.45) is 1.56. The third kappa shape index (κ3) is 5.06. The van der Waals surface area contributed by atoms with E-state index in [0.717, 1.165) is 24.2 Å². The zero-order valence-corrected chi connectivity index (χ0v) is 19.1. The van der Waals surface area contributed by atoms with Crippen LogP contribution >= 0.6 is 0 Å². The molecule has 1 aliphatic rings. The summed E-state index contributed by atoms with van der Waals surface area (Å²) in [5.74, 6) is -0.140. The number of nitrogens with one attached hydrogen (secondary N) is 1. The second kappa shape index (κ2) is 9.46. The fourth-order valence-electron chi connectivity index (χ4n) is 3.77. The number of anilines is 3. The van der Waals surface area contributed by atoms with Crippen LogP contribution < -0.4 is 14.5 Å². The molecule has 0 bridgehead atoms. The number of rotatable bonds is 7. The van der Waals surface area contributed by atoms with Crippen molar-refractivity contribution < 1.29 is 18.0 Å². The van der Waals surface area contributed by atoms with Crippen molar-refractivity contribution in [3.63, 3.8) is 0 Å². The van der Waals surface area contributed by atoms with E-state index in [-0.39, 0.29) is 23.1 Å². The summed E-state index contributed by atoms with van der Waals surface area (Å²) in [7, 11) is -2.28. The van der Waals surface area contributed by atoms with Crippen molar-refractivity contribution in [3.05, 3.63) is 84.4 Å². The van der Waals surface area contributed by atoms with E-state index in [1.54, 1.807) is 41.3 Å². The maximum absolute atomic E-state index is 13.0. The summed E-state index contributed by atoms with van der Waals surface area (Å²) in [5.41, 5.74) is 2.59. The Morgan fingerprint density at radius 1 is 1.00 bits per heavy atom. The zero-order chi connectivity index (χ0) is 23.4. The van der Waals surface area contributed by atoms with Gasteiger partial charge in [0.1, 0.15) is 0 Å². The Labute approximate surface area is 193 Å². The van der Waals surface area contributed by atoms with E-state index in [1.807, 2.05) is 30.3 Å². The first kappa shape index (κ1) is 22.5. The summed E-state index contributed by atoms with van der Waals surface area (Å²) in [6, 6.07) is 22.4. The number of hydrogen-bond acceptors (Lipinski definition) is 4. The summed E-state index contributed by atoms with van der Waals surface area (Å²) in [4.78, 5) is 26.3. The molecule has 170 valence electrons. The Morgan fingerprint density at radius 2 is 1.73 bits per heavy atom. The molecule has 0 atom stereocenters. The Bertz CT molecular complexity index is 1260. The molecule has 1 saturated heterocycles. The molecule has 3 aromatic rings. The lowest BCUT2D eigenvalue weighted by Gasteiger charge is -2.20. The number of amides is 2. The molecule has 0 unspecified atom stereocenters. The first-order chi connectivity index (χ1) is 15.8. The van der Waals surface area contributed by atoms with Gasteiger partial charge in [0.25, 0.3) is 10.0 Å². The molecule has 1 heterocycles. The lowest BCUT2D eigenvalue weighted by atomic mass is 10.1. The molecule has 8 heteroatoms. The second-order valence-electron chi connectivity index (χ2n) is 7.88. The minimum Gasteiger partial charge on any atom is -0.326 e. The highest BCUT2D eigenvalue weighted by atomic mass is 32.2. The molecule has 0 saturated carbocycles. The molecule has 0 radical (unpaired) electrons. The highest BCUT2D eigenvalue weighted by molar-refractivity contribution is 7.92. The van der Waals surface area contributed by atoms with E-state index in [2.05, 4.69) is 5.32 Å². The van der Waals surface area contributed by atoms with Gasteiger partial charge in [0.05, 0.1) is 17.0 Å². The van der Waals surface area contributed by atoms with Gasteiger partial charge < -0.3 is 10.2 Å². The third-order valence-electron chi connectivity index (χ3n) is 5.58. The number of sulfonamides is 1. The molecule has 2 amide bonds. The van der Waals surface area contributed by atoms with Crippen molar-refractivity contribution in [1.82, 2.24) is 0 Å². The van der Waals surface area contributed by atoms with Crippen LogP contribution in [0.1, 0.15) is 18.4 Å². The largest absolute Gasteiger partial charge is 0.326 e. The number of nitrogens with zero attached hydrogens (tertiary/aromatic N) is 2. The standard InChI is InChI=1S/C25H25N3O4S/c1-27(21-8-3-2-4-9-21)33(31,32)23-10-5-7-20(18-23)26-24(29)17-19-12-14-22(15-13-19)28-16-6-11-25(28)30/h2-5,7-10,12-15,18H,6,11,16-17H2,1H3,(H,26,29). The normalized spacial score (nSPS) is 13.7. The van der Waals surface area contributed by atoms with Crippen LogP contribution in [0.2, 0.25) is 0 Å². The zero-order valence-electron chi connectivity index (χ0n) is 18.3. The first-order valence-electron chi connectivity index (χ1n) is 10.7. The summed E-state index contributed by atoms with van der Waals surface area (Å²) < 4.78 is 27.2. The fraction of sp³-hybridized carbons (Fsp3) is 0.200. The Morgan fingerprint density at radius 3 is 2.39 bits per heavy atom. The lowest BCUT2D eigenvalue weighted by molar-refractivity contribution is -0.117. The second-order valence-corrected chi connectivity index (χ2v) is 9.85. The highest BCUT2D eigenvalue weighted by Gasteiger charge is 2.22. The van der Waals surface area contributed by atoms with Crippen LogP contribution in [0, 0.1) is 0 Å². The number of carbonyl (C=O) groups excluding carboxylic acids is 2. The average molecular weight is 464 g/mol. The Hall–Kier alpha value is -3.65. The fourth-order valence-corrected chi connectivity index (χ4v) is 5.02. The number of benzene rings is 3. The molecule has 0 aliphatic carbocycles. The SMILES string of the molecule is CN(c1ccccc1)S(=O)(=O)c1cccc(NC(=O)Cc2ccc(N3CCCC3=O)cc2)c1. The molecule has 0 aromatic heterocycles. The quantitative estimate of drug-likeness (QED) is 0.577. The Balaban J connectivity index is 1.43. The molecule has 4 rings (SSSR count). The predicted octanol–water partition coefficient (Wildman–Crippen LogP) is 3.82. The van der Waals surface area contributed by atoms with Gasteiger partial charge in [-0.25, -0.2) is 8.42 Å². The van der Waals surface area contributed by atoms with Gasteiger partial charge in [0.2, 0.25) is 11.8 Å². The van der Waals surface area contributed by atoms with Crippen molar-refractivity contribution in [2.24, 2.45) is 0 Å². The van der Waals surface area contributed by atoms with Crippen molar-refractivity contribution >= 4 is 38.9 Å². The summed E-state index contributed by atoms with van der Waals surface area (Å²) in [5, 5.41) is 2.77. The minimum atomic E-state index is -3.78. The smallest absolute Gasteiger partial charge is 0.264 e. The van der Waals surface area contributed by atoms with Gasteiger partial charge in [-0.3, -0.25) is 13.9 Å². The molecule has 1 aliphatic heterocycles. The molecule has 3 aromatic carbocycles. The van der Waals surface area contributed by atoms with Gasteiger partial charge >= 0.3 is 0 Å². The van der Waals surface area contributed by atoms with Crippen LogP contribution in [-0.2, 0) is 26.0 Å². The van der Waals surface area contributed by atoms with E-state index < -0.39 is 10.0 Å². The molecular weight excluding hydrogens is 438 g/mol. The van der Waals surface area contributed by atoms with Crippen LogP contribution in [0.15, 0.2) is 83.8 Å². The highest BCUT2D eigenvalue weighted by Crippen LogP contribution is 2.24. The minimum absolute atomic E-state index is 0.0892. The molecule has 1 N–H and O–H groups in total. The monoisotopic (exact) mass is 463 g/mol. The van der Waals surface area contributed by atoms with Gasteiger partial charge in [-0.05, 0) is 54.4 Å². The van der Waals surface area contributed by atoms with Crippen LogP contribution in [-0.4, -0.2) is 33.8 Å². The van der Waals surface area contributed by atoms with E-state index in [1.165, 1.54) is 23.5 Å². The lowest BCUT2D eigenvalue weighted by Crippen LogP contribution is -2.26. The van der Waals surface area contributed by atoms with Gasteiger partial charge in [0.15, 0.2) is 0 Å². The van der Waals surface area contributed by atoms with Crippen molar-refractivity contribution in [2.45, 2.75) is 24.2 Å². The van der Waals surface area contributed by atoms with Gasteiger partial charge in [-0.15, -0.1) is 0 Å². The maximum atomic E-state index is 13.0.